The summed E-state index contributed by atoms with van der Waals surface area (Å²) < 4.78 is 0. The van der Waals surface area contributed by atoms with Gasteiger partial charge in [0.2, 0.25) is 0 Å². The minimum atomic E-state index is 0.377. The fraction of sp³-hybridized carbons (Fsp3) is 0.533. The molecular formula is C15H21NO. The molecule has 0 aromatic heterocycles. The molecule has 2 heteroatoms. The Labute approximate surface area is 103 Å². The zero-order valence-corrected chi connectivity index (χ0v) is 10.5. The number of carbonyl (C=O) groups excluding carboxylic acids is 1. The third kappa shape index (κ3) is 3.97. The van der Waals surface area contributed by atoms with Crippen LogP contribution in [0.5, 0.6) is 0 Å². The lowest BCUT2D eigenvalue weighted by molar-refractivity contribution is -0.118. The number of benzene rings is 1. The molecule has 0 radical (unpaired) electrons. The molecule has 1 heterocycles. The Morgan fingerprint density at radius 2 is 2.35 bits per heavy atom. The molecule has 0 saturated carbocycles. The number of aryl methyl sites for hydroxylation is 1. The summed E-state index contributed by atoms with van der Waals surface area (Å²) in [7, 11) is 0. The average Bonchev–Trinajstić information content (AvgIpc) is 2.79. The number of nitrogens with one attached hydrogen (secondary N) is 1. The maximum atomic E-state index is 11.9. The van der Waals surface area contributed by atoms with E-state index >= 15 is 0 Å². The van der Waals surface area contributed by atoms with Crippen molar-refractivity contribution < 1.29 is 4.79 Å². The van der Waals surface area contributed by atoms with Crippen molar-refractivity contribution in [2.45, 2.75) is 32.6 Å². The molecule has 0 aliphatic carbocycles. The lowest BCUT2D eigenvalue weighted by Crippen LogP contribution is -2.11. The number of Topliss-reactive ketones (excluding diaryl/α,β-unsaturated/α-hetero) is 1. The highest BCUT2D eigenvalue weighted by Crippen LogP contribution is 2.15. The molecular weight excluding hydrogens is 210 g/mol. The highest BCUT2D eigenvalue weighted by atomic mass is 16.1. The monoisotopic (exact) mass is 231 g/mol. The molecule has 1 unspecified atom stereocenters. The van der Waals surface area contributed by atoms with Crippen molar-refractivity contribution in [3.63, 3.8) is 0 Å². The third-order valence-corrected chi connectivity index (χ3v) is 3.48. The molecule has 1 N–H and O–H groups in total. The predicted octanol–water partition coefficient (Wildman–Crippen LogP) is 2.50. The summed E-state index contributed by atoms with van der Waals surface area (Å²) in [6.45, 7) is 4.28. The predicted molar refractivity (Wildman–Crippen MR) is 70.1 cm³/mol. The summed E-state index contributed by atoms with van der Waals surface area (Å²) >= 11 is 0. The van der Waals surface area contributed by atoms with Gasteiger partial charge in [-0.3, -0.25) is 4.79 Å². The smallest absolute Gasteiger partial charge is 0.137 e. The number of ketones is 1. The zero-order chi connectivity index (χ0) is 12.1. The molecule has 1 atom stereocenters. The maximum absolute atomic E-state index is 11.9. The van der Waals surface area contributed by atoms with Crippen LogP contribution >= 0.6 is 0 Å². The summed E-state index contributed by atoms with van der Waals surface area (Å²) in [5, 5.41) is 3.34. The van der Waals surface area contributed by atoms with E-state index in [1.54, 1.807) is 0 Å². The number of hydrogen-bond acceptors (Lipinski definition) is 2. The minimum Gasteiger partial charge on any atom is -0.316 e. The van der Waals surface area contributed by atoms with E-state index in [2.05, 4.69) is 24.4 Å². The van der Waals surface area contributed by atoms with Gasteiger partial charge >= 0.3 is 0 Å². The number of rotatable bonds is 5. The topological polar surface area (TPSA) is 29.1 Å². The van der Waals surface area contributed by atoms with Gasteiger partial charge < -0.3 is 5.32 Å². The average molecular weight is 231 g/mol. The van der Waals surface area contributed by atoms with Gasteiger partial charge in [-0.2, -0.15) is 0 Å². The van der Waals surface area contributed by atoms with Crippen molar-refractivity contribution >= 4 is 5.78 Å². The van der Waals surface area contributed by atoms with Crippen LogP contribution in [0, 0.1) is 12.8 Å². The Bertz CT molecular complexity index is 380. The van der Waals surface area contributed by atoms with Gasteiger partial charge in [-0.25, -0.2) is 0 Å². The van der Waals surface area contributed by atoms with Crippen molar-refractivity contribution in [2.24, 2.45) is 5.92 Å². The highest BCUT2D eigenvalue weighted by Gasteiger charge is 2.15. The van der Waals surface area contributed by atoms with Gasteiger partial charge in [0.15, 0.2) is 0 Å². The molecule has 2 nitrogen and oxygen atoms in total. The standard InChI is InChI=1S/C15H21NO/c1-12-3-2-4-14(9-12)10-15(17)6-5-13-7-8-16-11-13/h2-4,9,13,16H,5-8,10-11H2,1H3. The van der Waals surface area contributed by atoms with Gasteiger partial charge in [-0.1, -0.05) is 29.8 Å². The van der Waals surface area contributed by atoms with Crippen molar-refractivity contribution in [3.8, 4) is 0 Å². The second-order valence-corrected chi connectivity index (χ2v) is 5.10. The van der Waals surface area contributed by atoms with Crippen LogP contribution in [0.25, 0.3) is 0 Å². The Morgan fingerprint density at radius 3 is 3.06 bits per heavy atom. The third-order valence-electron chi connectivity index (χ3n) is 3.48. The van der Waals surface area contributed by atoms with E-state index in [-0.39, 0.29) is 0 Å². The highest BCUT2D eigenvalue weighted by molar-refractivity contribution is 5.80. The van der Waals surface area contributed by atoms with E-state index in [0.29, 0.717) is 12.2 Å². The van der Waals surface area contributed by atoms with Gasteiger partial charge in [0, 0.05) is 12.8 Å². The Balaban J connectivity index is 1.76. The van der Waals surface area contributed by atoms with E-state index in [1.165, 1.54) is 12.0 Å². The summed E-state index contributed by atoms with van der Waals surface area (Å²) in [5.74, 6) is 1.10. The number of hydrogen-bond donors (Lipinski definition) is 1. The van der Waals surface area contributed by atoms with E-state index < -0.39 is 0 Å². The summed E-state index contributed by atoms with van der Waals surface area (Å²) in [5.41, 5.74) is 2.38. The van der Waals surface area contributed by atoms with Gasteiger partial charge in [0.1, 0.15) is 5.78 Å². The van der Waals surface area contributed by atoms with E-state index in [0.717, 1.165) is 37.4 Å². The second kappa shape index (κ2) is 5.97. The first-order chi connectivity index (χ1) is 8.24. The minimum absolute atomic E-state index is 0.377. The van der Waals surface area contributed by atoms with Crippen LogP contribution < -0.4 is 5.32 Å². The maximum Gasteiger partial charge on any atom is 0.137 e. The molecule has 1 aliphatic heterocycles. The SMILES string of the molecule is Cc1cccc(CC(=O)CCC2CCNC2)c1. The molecule has 1 aliphatic rings. The van der Waals surface area contributed by atoms with Crippen molar-refractivity contribution in [1.82, 2.24) is 5.32 Å². The Hall–Kier alpha value is -1.15. The van der Waals surface area contributed by atoms with Crippen molar-refractivity contribution in [3.05, 3.63) is 35.4 Å². The summed E-state index contributed by atoms with van der Waals surface area (Å²) in [4.78, 5) is 11.9. The van der Waals surface area contributed by atoms with E-state index in [9.17, 15) is 4.79 Å². The Kier molecular flexibility index (Phi) is 4.32. The molecule has 92 valence electrons. The van der Waals surface area contributed by atoms with Gasteiger partial charge in [-0.15, -0.1) is 0 Å². The van der Waals surface area contributed by atoms with Crippen molar-refractivity contribution in [1.29, 1.82) is 0 Å². The molecule has 0 bridgehead atoms. The second-order valence-electron chi connectivity index (χ2n) is 5.10. The largest absolute Gasteiger partial charge is 0.316 e. The van der Waals surface area contributed by atoms with Crippen LogP contribution in [0.4, 0.5) is 0 Å². The normalized spacial score (nSPS) is 19.5. The zero-order valence-electron chi connectivity index (χ0n) is 10.5. The first-order valence-electron chi connectivity index (χ1n) is 6.52. The van der Waals surface area contributed by atoms with Crippen LogP contribution in [0.1, 0.15) is 30.4 Å². The lowest BCUT2D eigenvalue weighted by atomic mass is 9.98. The molecule has 1 saturated heterocycles. The molecule has 2 rings (SSSR count). The molecule has 1 aromatic rings. The lowest BCUT2D eigenvalue weighted by Gasteiger charge is -2.07. The van der Waals surface area contributed by atoms with Crippen LogP contribution in [0.2, 0.25) is 0 Å². The van der Waals surface area contributed by atoms with Gasteiger partial charge in [-0.05, 0) is 44.3 Å². The van der Waals surface area contributed by atoms with Gasteiger partial charge in [0.25, 0.3) is 0 Å². The van der Waals surface area contributed by atoms with Crippen LogP contribution in [0.15, 0.2) is 24.3 Å². The first kappa shape index (κ1) is 12.3. The fourth-order valence-corrected chi connectivity index (χ4v) is 2.46. The van der Waals surface area contributed by atoms with Crippen LogP contribution in [0.3, 0.4) is 0 Å². The number of carbonyl (C=O) groups is 1. The molecule has 1 fully saturated rings. The summed E-state index contributed by atoms with van der Waals surface area (Å²) in [6, 6.07) is 8.24. The summed E-state index contributed by atoms with van der Waals surface area (Å²) in [6.07, 6.45) is 3.62. The van der Waals surface area contributed by atoms with Gasteiger partial charge in [0.05, 0.1) is 0 Å². The van der Waals surface area contributed by atoms with Crippen LogP contribution in [-0.2, 0) is 11.2 Å². The fourth-order valence-electron chi connectivity index (χ4n) is 2.46. The Morgan fingerprint density at radius 1 is 1.47 bits per heavy atom. The molecule has 0 amide bonds. The molecule has 1 aromatic carbocycles. The van der Waals surface area contributed by atoms with E-state index in [4.69, 9.17) is 0 Å². The van der Waals surface area contributed by atoms with Crippen molar-refractivity contribution in [2.75, 3.05) is 13.1 Å². The van der Waals surface area contributed by atoms with Crippen LogP contribution in [-0.4, -0.2) is 18.9 Å². The quantitative estimate of drug-likeness (QED) is 0.843. The molecule has 17 heavy (non-hydrogen) atoms. The first-order valence-corrected chi connectivity index (χ1v) is 6.52. The molecule has 0 spiro atoms. The van der Waals surface area contributed by atoms with E-state index in [1.807, 2.05) is 12.1 Å².